The normalized spacial score (nSPS) is 13.0. The molecule has 0 radical (unpaired) electrons. The van der Waals surface area contributed by atoms with Crippen molar-refractivity contribution >= 4 is 22.8 Å². The van der Waals surface area contributed by atoms with Gasteiger partial charge in [-0.15, -0.1) is 0 Å². The summed E-state index contributed by atoms with van der Waals surface area (Å²) in [4.78, 5) is 21.2. The van der Waals surface area contributed by atoms with Crippen LogP contribution in [0.2, 0.25) is 0 Å². The molecule has 9 nitrogen and oxygen atoms in total. The van der Waals surface area contributed by atoms with Crippen molar-refractivity contribution < 1.29 is 14.1 Å². The number of nitrogens with zero attached hydrogens (tertiary/aromatic N) is 4. The van der Waals surface area contributed by atoms with Crippen LogP contribution in [0.1, 0.15) is 36.7 Å². The van der Waals surface area contributed by atoms with Crippen LogP contribution < -0.4 is 15.4 Å². The summed E-state index contributed by atoms with van der Waals surface area (Å²) in [7, 11) is 0. The Labute approximate surface area is 172 Å². The van der Waals surface area contributed by atoms with Crippen molar-refractivity contribution in [2.75, 3.05) is 5.32 Å². The molecule has 0 bridgehead atoms. The lowest BCUT2D eigenvalue weighted by Crippen LogP contribution is -2.17. The van der Waals surface area contributed by atoms with E-state index in [1.54, 1.807) is 12.3 Å². The Hall–Kier alpha value is -3.72. The van der Waals surface area contributed by atoms with Gasteiger partial charge in [0.15, 0.2) is 0 Å². The quantitative estimate of drug-likeness (QED) is 0.529. The predicted molar refractivity (Wildman–Crippen MR) is 110 cm³/mol. The number of nitrogens with one attached hydrogen (secondary N) is 2. The summed E-state index contributed by atoms with van der Waals surface area (Å²) in [5.74, 6) is 1.73. The third kappa shape index (κ3) is 3.29. The Balaban J connectivity index is 1.37. The number of rotatable bonds is 4. The molecule has 152 valence electrons. The van der Waals surface area contributed by atoms with E-state index in [0.29, 0.717) is 24.1 Å². The number of anilines is 1. The van der Waals surface area contributed by atoms with E-state index in [1.165, 1.54) is 10.9 Å². The first kappa shape index (κ1) is 18.3. The Morgan fingerprint density at radius 2 is 2.13 bits per heavy atom. The zero-order chi connectivity index (χ0) is 20.7. The molecule has 1 aliphatic heterocycles. The molecule has 30 heavy (non-hydrogen) atoms. The lowest BCUT2D eigenvalue weighted by atomic mass is 10.1. The van der Waals surface area contributed by atoms with Crippen LogP contribution in [0.5, 0.6) is 11.6 Å². The highest BCUT2D eigenvalue weighted by Gasteiger charge is 2.19. The van der Waals surface area contributed by atoms with Crippen molar-refractivity contribution in [3.63, 3.8) is 0 Å². The maximum Gasteiger partial charge on any atom is 0.332 e. The zero-order valence-corrected chi connectivity index (χ0v) is 16.5. The second-order valence-electron chi connectivity index (χ2n) is 7.42. The molecule has 0 spiro atoms. The van der Waals surface area contributed by atoms with Crippen molar-refractivity contribution in [1.29, 1.82) is 0 Å². The lowest BCUT2D eigenvalue weighted by Gasteiger charge is -2.09. The molecular formula is C21H20N6O3. The van der Waals surface area contributed by atoms with Crippen molar-refractivity contribution in [1.82, 2.24) is 25.0 Å². The lowest BCUT2D eigenvalue weighted by molar-refractivity contribution is 0.253. The fraction of sp³-hybridized carbons (Fsp3) is 0.238. The Kier molecular flexibility index (Phi) is 4.44. The van der Waals surface area contributed by atoms with Gasteiger partial charge in [-0.1, -0.05) is 19.0 Å². The summed E-state index contributed by atoms with van der Waals surface area (Å²) in [5, 5.41) is 10.8. The van der Waals surface area contributed by atoms with Crippen LogP contribution in [0.25, 0.3) is 10.9 Å². The molecule has 0 aliphatic carbocycles. The van der Waals surface area contributed by atoms with Gasteiger partial charge in [0.25, 0.3) is 0 Å². The number of carbonyl (C=O) groups is 1. The first-order valence-electron chi connectivity index (χ1n) is 9.69. The SMILES string of the molecule is CC(C)c1cc(NC(=O)n2ccc3cc(Oc4ncnc5c4CNC5)ccc32)on1. The molecule has 1 amide bonds. The molecule has 0 unspecified atom stereocenters. The third-order valence-corrected chi connectivity index (χ3v) is 5.03. The van der Waals surface area contributed by atoms with Crippen LogP contribution in [-0.2, 0) is 13.1 Å². The fourth-order valence-corrected chi connectivity index (χ4v) is 3.41. The van der Waals surface area contributed by atoms with Crippen LogP contribution in [0.4, 0.5) is 10.7 Å². The highest BCUT2D eigenvalue weighted by molar-refractivity contribution is 5.98. The number of carbonyl (C=O) groups excluding carboxylic acids is 1. The molecule has 4 heterocycles. The van der Waals surface area contributed by atoms with Gasteiger partial charge in [-0.3, -0.25) is 9.88 Å². The molecule has 0 fully saturated rings. The molecule has 2 N–H and O–H groups in total. The van der Waals surface area contributed by atoms with Crippen molar-refractivity contribution in [2.45, 2.75) is 32.9 Å². The van der Waals surface area contributed by atoms with Gasteiger partial charge in [0, 0.05) is 30.7 Å². The number of benzene rings is 1. The van der Waals surface area contributed by atoms with Gasteiger partial charge in [0.2, 0.25) is 11.8 Å². The Bertz CT molecular complexity index is 1240. The molecule has 0 saturated heterocycles. The first-order valence-corrected chi connectivity index (χ1v) is 9.69. The second-order valence-corrected chi connectivity index (χ2v) is 7.42. The largest absolute Gasteiger partial charge is 0.439 e. The average molecular weight is 404 g/mol. The van der Waals surface area contributed by atoms with Crippen LogP contribution in [0.3, 0.4) is 0 Å². The van der Waals surface area contributed by atoms with E-state index in [-0.39, 0.29) is 11.9 Å². The van der Waals surface area contributed by atoms with Gasteiger partial charge in [0.1, 0.15) is 12.1 Å². The van der Waals surface area contributed by atoms with Gasteiger partial charge in [-0.05, 0) is 30.2 Å². The summed E-state index contributed by atoms with van der Waals surface area (Å²) in [6.45, 7) is 5.42. The van der Waals surface area contributed by atoms with E-state index in [1.807, 2.05) is 38.1 Å². The highest BCUT2D eigenvalue weighted by atomic mass is 16.5. The summed E-state index contributed by atoms with van der Waals surface area (Å²) in [6.07, 6.45) is 3.21. The average Bonchev–Trinajstić information content (AvgIpc) is 3.47. The smallest absolute Gasteiger partial charge is 0.332 e. The van der Waals surface area contributed by atoms with Crippen LogP contribution in [0, 0.1) is 0 Å². The summed E-state index contributed by atoms with van der Waals surface area (Å²) < 4.78 is 12.7. The maximum atomic E-state index is 12.7. The predicted octanol–water partition coefficient (Wildman–Crippen LogP) is 4.02. The van der Waals surface area contributed by atoms with Gasteiger partial charge in [0.05, 0.1) is 22.5 Å². The van der Waals surface area contributed by atoms with Gasteiger partial charge >= 0.3 is 6.03 Å². The molecule has 4 aromatic rings. The van der Waals surface area contributed by atoms with Crippen molar-refractivity contribution in [3.8, 4) is 11.6 Å². The number of ether oxygens (including phenoxy) is 1. The number of fused-ring (bicyclic) bond motifs is 2. The zero-order valence-electron chi connectivity index (χ0n) is 16.5. The fourth-order valence-electron chi connectivity index (χ4n) is 3.41. The molecule has 1 aliphatic rings. The summed E-state index contributed by atoms with van der Waals surface area (Å²) in [6, 6.07) is 8.78. The van der Waals surface area contributed by atoms with E-state index in [2.05, 4.69) is 25.8 Å². The van der Waals surface area contributed by atoms with Crippen LogP contribution in [0.15, 0.2) is 47.4 Å². The van der Waals surface area contributed by atoms with E-state index in [4.69, 9.17) is 9.26 Å². The minimum Gasteiger partial charge on any atom is -0.439 e. The minimum atomic E-state index is -0.329. The number of hydrogen-bond acceptors (Lipinski definition) is 7. The van der Waals surface area contributed by atoms with Gasteiger partial charge in [-0.25, -0.2) is 14.8 Å². The van der Waals surface area contributed by atoms with Crippen molar-refractivity contribution in [3.05, 3.63) is 59.8 Å². The number of aromatic nitrogens is 4. The monoisotopic (exact) mass is 404 g/mol. The third-order valence-electron chi connectivity index (χ3n) is 5.03. The van der Waals surface area contributed by atoms with Gasteiger partial charge in [-0.2, -0.15) is 0 Å². The molecule has 0 saturated carbocycles. The molecule has 5 rings (SSSR count). The van der Waals surface area contributed by atoms with E-state index in [0.717, 1.165) is 34.4 Å². The summed E-state index contributed by atoms with van der Waals surface area (Å²) >= 11 is 0. The molecular weight excluding hydrogens is 384 g/mol. The maximum absolute atomic E-state index is 12.7. The van der Waals surface area contributed by atoms with E-state index < -0.39 is 0 Å². The van der Waals surface area contributed by atoms with Gasteiger partial charge < -0.3 is 14.6 Å². The molecule has 9 heteroatoms. The molecule has 3 aromatic heterocycles. The minimum absolute atomic E-state index is 0.220. The first-order chi connectivity index (χ1) is 14.6. The standard InChI is InChI=1S/C21H20N6O3/c1-12(2)16-8-19(30-26-16)25-21(28)27-6-5-13-7-14(3-4-18(13)27)29-20-15-9-22-10-17(15)23-11-24-20/h3-8,11-12,22H,9-10H2,1-2H3,(H,25,28). The van der Waals surface area contributed by atoms with Crippen LogP contribution in [-0.4, -0.2) is 25.7 Å². The topological polar surface area (TPSA) is 107 Å². The van der Waals surface area contributed by atoms with E-state index >= 15 is 0 Å². The van der Waals surface area contributed by atoms with Crippen molar-refractivity contribution in [2.24, 2.45) is 0 Å². The number of hydrogen-bond donors (Lipinski definition) is 2. The Morgan fingerprint density at radius 1 is 1.23 bits per heavy atom. The molecule has 1 aromatic carbocycles. The molecule has 0 atom stereocenters. The highest BCUT2D eigenvalue weighted by Crippen LogP contribution is 2.29. The van der Waals surface area contributed by atoms with E-state index in [9.17, 15) is 4.79 Å². The van der Waals surface area contributed by atoms with Crippen LogP contribution >= 0.6 is 0 Å². The second kappa shape index (κ2) is 7.27. The summed E-state index contributed by atoms with van der Waals surface area (Å²) in [5.41, 5.74) is 3.47. The number of amides is 1. The Morgan fingerprint density at radius 3 is 2.97 bits per heavy atom.